The van der Waals surface area contributed by atoms with E-state index in [1.165, 1.54) is 12.3 Å². The maximum absolute atomic E-state index is 10.0. The maximum Gasteiger partial charge on any atom is 0.243 e. The van der Waals surface area contributed by atoms with Gasteiger partial charge in [-0.1, -0.05) is 24.4 Å². The van der Waals surface area contributed by atoms with Crippen LogP contribution in [0.15, 0.2) is 12.3 Å². The van der Waals surface area contributed by atoms with Gasteiger partial charge < -0.3 is 15.5 Å². The zero-order chi connectivity index (χ0) is 16.4. The second-order valence-corrected chi connectivity index (χ2v) is 6.13. The summed E-state index contributed by atoms with van der Waals surface area (Å²) in [4.78, 5) is 8.44. The molecular weight excluding hydrogens is 318 g/mol. The summed E-state index contributed by atoms with van der Waals surface area (Å²) in [5.74, 6) is 0.297. The number of nitrogens with zero attached hydrogens (tertiary/aromatic N) is 4. The van der Waals surface area contributed by atoms with Gasteiger partial charge in [0, 0.05) is 12.3 Å². The Balaban J connectivity index is 1.83. The Morgan fingerprint density at radius 3 is 2.70 bits per heavy atom. The number of rotatable bonds is 3. The lowest BCUT2D eigenvalue weighted by atomic mass is 9.93. The zero-order valence-electron chi connectivity index (χ0n) is 12.7. The molecule has 2 atom stereocenters. The van der Waals surface area contributed by atoms with E-state index in [2.05, 4.69) is 25.5 Å². The monoisotopic (exact) mass is 335 g/mol. The zero-order valence-corrected chi connectivity index (χ0v) is 13.5. The topological polar surface area (TPSA) is 104 Å². The number of aliphatic hydroxyl groups excluding tert-OH is 1. The molecule has 2 heterocycles. The van der Waals surface area contributed by atoms with Crippen molar-refractivity contribution in [3.63, 3.8) is 0 Å². The Kier molecular flexibility index (Phi) is 4.58. The van der Waals surface area contributed by atoms with E-state index in [1.54, 1.807) is 6.92 Å². The molecule has 0 spiro atoms. The molecule has 7 nitrogen and oxygen atoms in total. The molecule has 0 aromatic carbocycles. The Hall–Kier alpha value is -1.99. The van der Waals surface area contributed by atoms with E-state index >= 15 is 0 Å². The van der Waals surface area contributed by atoms with Crippen LogP contribution in [0.3, 0.4) is 0 Å². The number of aryl methyl sites for hydroxylation is 1. The highest BCUT2D eigenvalue weighted by Gasteiger charge is 2.24. The average molecular weight is 336 g/mol. The summed E-state index contributed by atoms with van der Waals surface area (Å²) in [6.07, 6.45) is 4.81. The molecule has 122 valence electrons. The number of nitrogens with one attached hydrogen (secondary N) is 1. The van der Waals surface area contributed by atoms with Gasteiger partial charge in [0.15, 0.2) is 0 Å². The molecule has 1 aliphatic carbocycles. The fourth-order valence-electron chi connectivity index (χ4n) is 2.74. The Morgan fingerprint density at radius 2 is 2.00 bits per heavy atom. The van der Waals surface area contributed by atoms with E-state index in [4.69, 9.17) is 11.6 Å². The van der Waals surface area contributed by atoms with Gasteiger partial charge in [0.1, 0.15) is 17.1 Å². The number of hydrogen-bond acceptors (Lipinski definition) is 7. The van der Waals surface area contributed by atoms with Gasteiger partial charge in [-0.05, 0) is 19.8 Å². The van der Waals surface area contributed by atoms with Crippen LogP contribution in [0.25, 0.3) is 11.4 Å². The molecule has 0 aliphatic heterocycles. The number of aliphatic hydroxyl groups is 1. The molecule has 23 heavy (non-hydrogen) atoms. The molecule has 0 saturated heterocycles. The molecule has 0 amide bonds. The van der Waals surface area contributed by atoms with Crippen molar-refractivity contribution in [1.29, 1.82) is 0 Å². The van der Waals surface area contributed by atoms with Gasteiger partial charge in [-0.3, -0.25) is 0 Å². The van der Waals surface area contributed by atoms with Crippen molar-refractivity contribution in [2.24, 2.45) is 0 Å². The lowest BCUT2D eigenvalue weighted by molar-refractivity contribution is 0.116. The third-order valence-electron chi connectivity index (χ3n) is 3.96. The van der Waals surface area contributed by atoms with Crippen LogP contribution in [-0.4, -0.2) is 42.5 Å². The molecule has 2 unspecified atom stereocenters. The minimum atomic E-state index is -0.394. The number of anilines is 1. The fraction of sp³-hybridized carbons (Fsp3) is 0.467. The molecule has 3 N–H and O–H groups in total. The SMILES string of the molecule is Cc1nc(NC2CCCCC2O)nnc1-c1ncc(Cl)cc1O. The number of aromatic hydroxyl groups is 1. The largest absolute Gasteiger partial charge is 0.506 e. The Labute approximate surface area is 138 Å². The molecule has 0 bridgehead atoms. The van der Waals surface area contributed by atoms with Crippen LogP contribution in [0.4, 0.5) is 5.95 Å². The van der Waals surface area contributed by atoms with Crippen molar-refractivity contribution in [3.05, 3.63) is 23.0 Å². The quantitative estimate of drug-likeness (QED) is 0.790. The fourth-order valence-corrected chi connectivity index (χ4v) is 2.89. The second-order valence-electron chi connectivity index (χ2n) is 5.69. The number of pyridine rings is 1. The summed E-state index contributed by atoms with van der Waals surface area (Å²) in [5, 5.41) is 31.6. The molecule has 2 aromatic rings. The molecule has 1 saturated carbocycles. The normalized spacial score (nSPS) is 21.2. The van der Waals surface area contributed by atoms with Crippen LogP contribution >= 0.6 is 11.6 Å². The number of halogens is 1. The predicted octanol–water partition coefficient (Wildman–Crippen LogP) is 2.32. The number of aromatic nitrogens is 4. The molecular formula is C15H18ClN5O2. The van der Waals surface area contributed by atoms with Crippen molar-refractivity contribution in [2.45, 2.75) is 44.8 Å². The van der Waals surface area contributed by atoms with E-state index in [0.717, 1.165) is 25.7 Å². The van der Waals surface area contributed by atoms with E-state index in [1.807, 2.05) is 0 Å². The van der Waals surface area contributed by atoms with Crippen molar-refractivity contribution in [3.8, 4) is 17.1 Å². The summed E-state index contributed by atoms with van der Waals surface area (Å²) in [6, 6.07) is 1.34. The van der Waals surface area contributed by atoms with Crippen molar-refractivity contribution < 1.29 is 10.2 Å². The summed E-state index contributed by atoms with van der Waals surface area (Å²) in [5.41, 5.74) is 1.27. The average Bonchev–Trinajstić information content (AvgIpc) is 2.51. The first-order valence-corrected chi connectivity index (χ1v) is 7.93. The molecule has 8 heteroatoms. The van der Waals surface area contributed by atoms with E-state index in [-0.39, 0.29) is 17.5 Å². The summed E-state index contributed by atoms with van der Waals surface area (Å²) in [7, 11) is 0. The first kappa shape index (κ1) is 15.9. The Bertz CT molecular complexity index is 712. The lowest BCUT2D eigenvalue weighted by Crippen LogP contribution is -2.37. The van der Waals surface area contributed by atoms with Crippen LogP contribution in [0.2, 0.25) is 5.02 Å². The Morgan fingerprint density at radius 1 is 1.22 bits per heavy atom. The minimum Gasteiger partial charge on any atom is -0.506 e. The summed E-state index contributed by atoms with van der Waals surface area (Å²) in [6.45, 7) is 1.77. The van der Waals surface area contributed by atoms with Crippen LogP contribution in [-0.2, 0) is 0 Å². The van der Waals surface area contributed by atoms with E-state index in [0.29, 0.717) is 22.4 Å². The van der Waals surface area contributed by atoms with E-state index in [9.17, 15) is 10.2 Å². The van der Waals surface area contributed by atoms with Gasteiger partial charge in [-0.15, -0.1) is 10.2 Å². The first-order chi connectivity index (χ1) is 11.0. The van der Waals surface area contributed by atoms with Crippen LogP contribution in [0.5, 0.6) is 5.75 Å². The minimum absolute atomic E-state index is 0.0575. The van der Waals surface area contributed by atoms with E-state index < -0.39 is 6.10 Å². The maximum atomic E-state index is 10.0. The van der Waals surface area contributed by atoms with Crippen molar-refractivity contribution >= 4 is 17.5 Å². The van der Waals surface area contributed by atoms with Crippen molar-refractivity contribution in [1.82, 2.24) is 20.2 Å². The third-order valence-corrected chi connectivity index (χ3v) is 4.17. The predicted molar refractivity (Wildman–Crippen MR) is 86.4 cm³/mol. The molecule has 1 fully saturated rings. The molecule has 1 aliphatic rings. The van der Waals surface area contributed by atoms with Gasteiger partial charge >= 0.3 is 0 Å². The third kappa shape index (κ3) is 3.51. The van der Waals surface area contributed by atoms with Crippen LogP contribution < -0.4 is 5.32 Å². The van der Waals surface area contributed by atoms with Crippen LogP contribution in [0, 0.1) is 6.92 Å². The first-order valence-electron chi connectivity index (χ1n) is 7.55. The number of hydrogen-bond donors (Lipinski definition) is 3. The smallest absolute Gasteiger partial charge is 0.243 e. The molecule has 3 rings (SSSR count). The second kappa shape index (κ2) is 6.64. The van der Waals surface area contributed by atoms with Gasteiger partial charge in [0.25, 0.3) is 0 Å². The lowest BCUT2D eigenvalue weighted by Gasteiger charge is -2.28. The highest BCUT2D eigenvalue weighted by Crippen LogP contribution is 2.29. The van der Waals surface area contributed by atoms with Crippen molar-refractivity contribution in [2.75, 3.05) is 5.32 Å². The standard InChI is InChI=1S/C15H18ClN5O2/c1-8-13(14-12(23)6-9(16)7-17-14)20-21-15(18-8)19-10-4-2-3-5-11(10)22/h6-7,10-11,22-23H,2-5H2,1H3,(H,18,19,21). The highest BCUT2D eigenvalue weighted by atomic mass is 35.5. The molecule has 0 radical (unpaired) electrons. The van der Waals surface area contributed by atoms with Gasteiger partial charge in [0.2, 0.25) is 5.95 Å². The highest BCUT2D eigenvalue weighted by molar-refractivity contribution is 6.30. The van der Waals surface area contributed by atoms with Gasteiger partial charge in [0.05, 0.1) is 22.9 Å². The van der Waals surface area contributed by atoms with Crippen LogP contribution in [0.1, 0.15) is 31.4 Å². The summed E-state index contributed by atoms with van der Waals surface area (Å²) < 4.78 is 0. The van der Waals surface area contributed by atoms with Gasteiger partial charge in [-0.25, -0.2) is 9.97 Å². The van der Waals surface area contributed by atoms with Gasteiger partial charge in [-0.2, -0.15) is 0 Å². The summed E-state index contributed by atoms with van der Waals surface area (Å²) >= 11 is 5.78. The molecule has 2 aromatic heterocycles.